The molecule has 4 nitrogen and oxygen atoms in total. The molecule has 0 amide bonds. The predicted molar refractivity (Wildman–Crippen MR) is 114 cm³/mol. The lowest BCUT2D eigenvalue weighted by Crippen LogP contribution is -2.48. The van der Waals surface area contributed by atoms with Crippen LogP contribution in [0.3, 0.4) is 0 Å². The number of benzene rings is 2. The van der Waals surface area contributed by atoms with Crippen LogP contribution >= 0.6 is 11.6 Å². The number of fused-ring (bicyclic) bond motifs is 2. The monoisotopic (exact) mass is 382 g/mol. The summed E-state index contributed by atoms with van der Waals surface area (Å²) in [5.74, 6) is 0.976. The highest BCUT2D eigenvalue weighted by molar-refractivity contribution is 6.31. The molecule has 0 unspecified atom stereocenters. The summed E-state index contributed by atoms with van der Waals surface area (Å²) in [5.41, 5.74) is 4.94. The van der Waals surface area contributed by atoms with Gasteiger partial charge in [0, 0.05) is 44.7 Å². The molecule has 1 saturated heterocycles. The van der Waals surface area contributed by atoms with Gasteiger partial charge in [-0.1, -0.05) is 42.4 Å². The Kier molecular flexibility index (Phi) is 5.13. The van der Waals surface area contributed by atoms with Crippen molar-refractivity contribution in [2.45, 2.75) is 6.42 Å². The smallest absolute Gasteiger partial charge is 0.106 e. The van der Waals surface area contributed by atoms with E-state index in [-0.39, 0.29) is 0 Å². The van der Waals surface area contributed by atoms with Crippen molar-refractivity contribution in [2.24, 2.45) is 0 Å². The maximum atomic E-state index is 6.34. The highest BCUT2D eigenvalue weighted by Gasteiger charge is 2.27. The summed E-state index contributed by atoms with van der Waals surface area (Å²) in [4.78, 5) is 9.37. The fourth-order valence-electron chi connectivity index (χ4n) is 3.93. The molecule has 0 bridgehead atoms. The van der Waals surface area contributed by atoms with E-state index in [4.69, 9.17) is 11.6 Å². The van der Waals surface area contributed by atoms with Gasteiger partial charge in [-0.2, -0.15) is 0 Å². The molecule has 27 heavy (non-hydrogen) atoms. The van der Waals surface area contributed by atoms with E-state index in [1.165, 1.54) is 16.8 Å². The van der Waals surface area contributed by atoms with Gasteiger partial charge in [-0.3, -0.25) is 9.80 Å². The first-order valence-corrected chi connectivity index (χ1v) is 9.88. The maximum Gasteiger partial charge on any atom is 0.106 e. The molecule has 0 spiro atoms. The van der Waals surface area contributed by atoms with Crippen LogP contribution in [-0.2, 0) is 6.42 Å². The van der Waals surface area contributed by atoms with Crippen molar-refractivity contribution in [1.82, 2.24) is 14.7 Å². The Bertz CT molecular complexity index is 842. The van der Waals surface area contributed by atoms with Gasteiger partial charge in [-0.25, -0.2) is 0 Å². The van der Waals surface area contributed by atoms with Crippen LogP contribution in [0.25, 0.3) is 0 Å². The molecule has 142 valence electrons. The molecule has 2 aliphatic rings. The Morgan fingerprint density at radius 1 is 1.04 bits per heavy atom. The summed E-state index contributed by atoms with van der Waals surface area (Å²) >= 11 is 6.34. The predicted octanol–water partition coefficient (Wildman–Crippen LogP) is 3.99. The summed E-state index contributed by atoms with van der Waals surface area (Å²) in [5, 5.41) is 0.757. The average molecular weight is 383 g/mol. The van der Waals surface area contributed by atoms with Gasteiger partial charge in [0.15, 0.2) is 0 Å². The van der Waals surface area contributed by atoms with Crippen LogP contribution in [0.2, 0.25) is 5.02 Å². The third kappa shape index (κ3) is 3.70. The first-order valence-electron chi connectivity index (χ1n) is 9.50. The van der Waals surface area contributed by atoms with Gasteiger partial charge >= 0.3 is 0 Å². The van der Waals surface area contributed by atoms with Crippen molar-refractivity contribution in [2.75, 3.05) is 51.8 Å². The number of hydrogen-bond donors (Lipinski definition) is 0. The molecule has 2 aliphatic heterocycles. The number of halogens is 1. The molecule has 1 fully saturated rings. The van der Waals surface area contributed by atoms with E-state index in [1.807, 2.05) is 6.07 Å². The van der Waals surface area contributed by atoms with E-state index >= 15 is 0 Å². The number of anilines is 2. The van der Waals surface area contributed by atoms with Crippen molar-refractivity contribution in [3.63, 3.8) is 0 Å². The minimum atomic E-state index is 0.757. The molecule has 4 rings (SSSR count). The van der Waals surface area contributed by atoms with E-state index < -0.39 is 0 Å². The van der Waals surface area contributed by atoms with E-state index in [0.717, 1.165) is 55.8 Å². The zero-order valence-electron chi connectivity index (χ0n) is 16.2. The Labute approximate surface area is 167 Å². The fraction of sp³-hybridized carbons (Fsp3) is 0.364. The second kappa shape index (κ2) is 7.55. The Morgan fingerprint density at radius 3 is 2.52 bits per heavy atom. The highest BCUT2D eigenvalue weighted by Crippen LogP contribution is 2.42. The third-order valence-electron chi connectivity index (χ3n) is 5.61. The molecular formula is C22H27ClN4. The minimum absolute atomic E-state index is 0.757. The second-order valence-corrected chi connectivity index (χ2v) is 8.03. The number of hydrogen-bond acceptors (Lipinski definition) is 4. The molecule has 0 aromatic heterocycles. The van der Waals surface area contributed by atoms with Gasteiger partial charge in [0.2, 0.25) is 0 Å². The summed E-state index contributed by atoms with van der Waals surface area (Å²) < 4.78 is 0. The van der Waals surface area contributed by atoms with Crippen LogP contribution in [0.15, 0.2) is 54.9 Å². The zero-order chi connectivity index (χ0) is 19.0. The summed E-state index contributed by atoms with van der Waals surface area (Å²) in [6.07, 6.45) is 0.925. The highest BCUT2D eigenvalue weighted by atomic mass is 35.5. The summed E-state index contributed by atoms with van der Waals surface area (Å²) in [6, 6.07) is 14.7. The largest absolute Gasteiger partial charge is 0.348 e. The van der Waals surface area contributed by atoms with Gasteiger partial charge in [0.25, 0.3) is 0 Å². The topological polar surface area (TPSA) is 13.0 Å². The number of para-hydroxylation sites is 1. The van der Waals surface area contributed by atoms with Gasteiger partial charge in [0.05, 0.1) is 18.0 Å². The lowest BCUT2D eigenvalue weighted by Gasteiger charge is -2.41. The number of nitrogens with zero attached hydrogens (tertiary/aromatic N) is 4. The number of likely N-dealkylation sites (N-methyl/N-ethyl adjacent to an activating group) is 1. The molecule has 0 radical (unpaired) electrons. The van der Waals surface area contributed by atoms with Crippen molar-refractivity contribution in [1.29, 1.82) is 0 Å². The molecule has 0 N–H and O–H groups in total. The van der Waals surface area contributed by atoms with Crippen LogP contribution in [0.1, 0.15) is 11.1 Å². The van der Waals surface area contributed by atoms with E-state index in [1.54, 1.807) is 0 Å². The molecular weight excluding hydrogens is 356 g/mol. The van der Waals surface area contributed by atoms with Crippen molar-refractivity contribution in [3.05, 3.63) is 71.0 Å². The van der Waals surface area contributed by atoms with Crippen LogP contribution < -0.4 is 4.90 Å². The first kappa shape index (κ1) is 18.4. The third-order valence-corrected chi connectivity index (χ3v) is 5.84. The van der Waals surface area contributed by atoms with Crippen molar-refractivity contribution < 1.29 is 0 Å². The average Bonchev–Trinajstić information content (AvgIpc) is 2.67. The van der Waals surface area contributed by atoms with E-state index in [2.05, 4.69) is 76.7 Å². The molecule has 0 saturated carbocycles. The Hall–Kier alpha value is -2.01. The SMILES string of the molecule is C=C(N(C)CN1CCN(C)CC1)N1c2ccccc2Cc2ccc(Cl)cc21. The Morgan fingerprint density at radius 2 is 1.74 bits per heavy atom. The standard InChI is InChI=1S/C22H27ClN4/c1-17(25(3)16-26-12-10-24(2)11-13-26)27-21-7-5-4-6-18(21)14-19-8-9-20(23)15-22(19)27/h4-9,15H,1,10-14,16H2,2-3H3. The van der Waals surface area contributed by atoms with E-state index in [0.29, 0.717) is 0 Å². The van der Waals surface area contributed by atoms with Gasteiger partial charge in [-0.05, 0) is 36.4 Å². The zero-order valence-corrected chi connectivity index (χ0v) is 16.9. The molecule has 2 heterocycles. The quantitative estimate of drug-likeness (QED) is 0.792. The van der Waals surface area contributed by atoms with Crippen LogP contribution in [0, 0.1) is 0 Å². The van der Waals surface area contributed by atoms with Gasteiger partial charge in [0.1, 0.15) is 5.82 Å². The van der Waals surface area contributed by atoms with E-state index in [9.17, 15) is 0 Å². The van der Waals surface area contributed by atoms with Crippen molar-refractivity contribution in [3.8, 4) is 0 Å². The summed E-state index contributed by atoms with van der Waals surface area (Å²) in [7, 11) is 4.31. The fourth-order valence-corrected chi connectivity index (χ4v) is 4.09. The minimum Gasteiger partial charge on any atom is -0.348 e. The van der Waals surface area contributed by atoms with Gasteiger partial charge < -0.3 is 9.80 Å². The number of rotatable bonds is 4. The molecule has 0 aliphatic carbocycles. The maximum absolute atomic E-state index is 6.34. The lowest BCUT2D eigenvalue weighted by atomic mass is 9.95. The second-order valence-electron chi connectivity index (χ2n) is 7.59. The first-order chi connectivity index (χ1) is 13.0. The molecule has 2 aromatic rings. The summed E-state index contributed by atoms with van der Waals surface area (Å²) in [6.45, 7) is 9.75. The Balaban J connectivity index is 1.62. The van der Waals surface area contributed by atoms with Gasteiger partial charge in [-0.15, -0.1) is 0 Å². The van der Waals surface area contributed by atoms with Crippen LogP contribution in [0.5, 0.6) is 0 Å². The molecule has 0 atom stereocenters. The normalized spacial score (nSPS) is 17.4. The molecule has 2 aromatic carbocycles. The van der Waals surface area contributed by atoms with Crippen LogP contribution in [0.4, 0.5) is 11.4 Å². The van der Waals surface area contributed by atoms with Crippen LogP contribution in [-0.4, -0.2) is 61.6 Å². The number of piperazine rings is 1. The lowest BCUT2D eigenvalue weighted by molar-refractivity contribution is 0.110. The molecule has 5 heteroatoms. The van der Waals surface area contributed by atoms with Crippen molar-refractivity contribution >= 4 is 23.0 Å².